The maximum absolute atomic E-state index is 12.4. The predicted octanol–water partition coefficient (Wildman–Crippen LogP) is 2.45. The lowest BCUT2D eigenvalue weighted by Crippen LogP contribution is -2.56. The first-order valence-corrected chi connectivity index (χ1v) is 11.8. The van der Waals surface area contributed by atoms with E-state index in [1.165, 1.54) is 11.8 Å². The third-order valence-electron chi connectivity index (χ3n) is 5.05. The zero-order chi connectivity index (χ0) is 23.8. The number of hydrogen-bond donors (Lipinski definition) is 4. The van der Waals surface area contributed by atoms with E-state index in [9.17, 15) is 14.4 Å². The Labute approximate surface area is 198 Å². The topological polar surface area (TPSA) is 109 Å². The number of nitrogens with one attached hydrogen (secondary N) is 4. The molecule has 1 heterocycles. The molecule has 176 valence electrons. The van der Waals surface area contributed by atoms with Crippen LogP contribution < -0.4 is 26.0 Å². The second-order valence-electron chi connectivity index (χ2n) is 8.08. The molecule has 0 aromatic heterocycles. The molecule has 1 aliphatic rings. The molecule has 3 rings (SSSR count). The summed E-state index contributed by atoms with van der Waals surface area (Å²) in [5.74, 6) is 0.445. The number of thioether (sulfide) groups is 1. The molecule has 2 unspecified atom stereocenters. The van der Waals surface area contributed by atoms with Crippen molar-refractivity contribution >= 4 is 35.2 Å². The summed E-state index contributed by atoms with van der Waals surface area (Å²) in [6.07, 6.45) is 0.377. The van der Waals surface area contributed by atoms with E-state index in [0.717, 1.165) is 28.1 Å². The van der Waals surface area contributed by atoms with Crippen LogP contribution in [-0.4, -0.2) is 42.1 Å². The van der Waals surface area contributed by atoms with Crippen LogP contribution in [0.25, 0.3) is 0 Å². The molecule has 33 heavy (non-hydrogen) atoms. The normalized spacial score (nSPS) is 17.7. The molecule has 1 fully saturated rings. The van der Waals surface area contributed by atoms with E-state index in [-0.39, 0.29) is 42.4 Å². The van der Waals surface area contributed by atoms with Crippen molar-refractivity contribution in [1.82, 2.24) is 16.0 Å². The third-order valence-corrected chi connectivity index (χ3v) is 6.07. The molecule has 2 atom stereocenters. The van der Waals surface area contributed by atoms with Crippen LogP contribution in [-0.2, 0) is 20.9 Å². The van der Waals surface area contributed by atoms with Crippen LogP contribution in [0, 0.1) is 13.8 Å². The van der Waals surface area contributed by atoms with Gasteiger partial charge in [0, 0.05) is 31.1 Å². The first-order chi connectivity index (χ1) is 15.8. The van der Waals surface area contributed by atoms with Gasteiger partial charge in [-0.25, -0.2) is 0 Å². The lowest BCUT2D eigenvalue weighted by Gasteiger charge is -2.30. The fourth-order valence-electron chi connectivity index (χ4n) is 3.65. The quantitative estimate of drug-likeness (QED) is 0.448. The Bertz CT molecular complexity index is 993. The highest BCUT2D eigenvalue weighted by atomic mass is 32.2. The van der Waals surface area contributed by atoms with Gasteiger partial charge in [-0.1, -0.05) is 18.2 Å². The van der Waals surface area contributed by atoms with E-state index in [1.54, 1.807) is 7.11 Å². The highest BCUT2D eigenvalue weighted by Crippen LogP contribution is 2.17. The predicted molar refractivity (Wildman–Crippen MR) is 130 cm³/mol. The lowest BCUT2D eigenvalue weighted by atomic mass is 10.1. The van der Waals surface area contributed by atoms with Crippen LogP contribution in [0.1, 0.15) is 29.5 Å². The maximum atomic E-state index is 12.4. The van der Waals surface area contributed by atoms with Gasteiger partial charge in [0.1, 0.15) is 11.2 Å². The van der Waals surface area contributed by atoms with Crippen LogP contribution in [0.15, 0.2) is 42.5 Å². The van der Waals surface area contributed by atoms with Gasteiger partial charge < -0.3 is 20.7 Å². The van der Waals surface area contributed by atoms with Gasteiger partial charge in [-0.15, -0.1) is 11.8 Å². The Morgan fingerprint density at radius 2 is 1.88 bits per heavy atom. The minimum Gasteiger partial charge on any atom is -0.497 e. The summed E-state index contributed by atoms with van der Waals surface area (Å²) in [6, 6.07) is 13.0. The largest absolute Gasteiger partial charge is 0.497 e. The van der Waals surface area contributed by atoms with Crippen molar-refractivity contribution in [2.45, 2.75) is 44.8 Å². The number of rotatable bonds is 9. The van der Waals surface area contributed by atoms with Crippen LogP contribution in [0.4, 0.5) is 5.69 Å². The van der Waals surface area contributed by atoms with Crippen LogP contribution in [0.3, 0.4) is 0 Å². The minimum absolute atomic E-state index is 0.147. The number of hydrogen-bond acceptors (Lipinski definition) is 6. The standard InChI is InChI=1S/C24H30N4O4S/c1-15-7-16(2)9-18(8-15)26-23(31)14-33-24-27-19(12-22(30)28-24)11-21(29)25-13-17-5-4-6-20(10-17)32-3/h4-10,19,24,27H,11-14H2,1-3H3,(H,25,29)(H,26,31)(H,28,30). The second-order valence-corrected chi connectivity index (χ2v) is 9.18. The van der Waals surface area contributed by atoms with Gasteiger partial charge in [-0.2, -0.15) is 0 Å². The number of benzene rings is 2. The highest BCUT2D eigenvalue weighted by Gasteiger charge is 2.28. The average molecular weight is 471 g/mol. The molecule has 0 saturated carbocycles. The summed E-state index contributed by atoms with van der Waals surface area (Å²) in [5, 5.41) is 11.8. The highest BCUT2D eigenvalue weighted by molar-refractivity contribution is 8.00. The van der Waals surface area contributed by atoms with Crippen molar-refractivity contribution in [1.29, 1.82) is 0 Å². The Kier molecular flexibility index (Phi) is 8.73. The number of carbonyl (C=O) groups is 3. The van der Waals surface area contributed by atoms with Gasteiger partial charge >= 0.3 is 0 Å². The average Bonchev–Trinajstić information content (AvgIpc) is 2.75. The first kappa shape index (κ1) is 24.6. The van der Waals surface area contributed by atoms with Crippen molar-refractivity contribution in [3.63, 3.8) is 0 Å². The summed E-state index contributed by atoms with van der Waals surface area (Å²) < 4.78 is 5.19. The number of anilines is 1. The van der Waals surface area contributed by atoms with E-state index in [1.807, 2.05) is 56.3 Å². The zero-order valence-electron chi connectivity index (χ0n) is 19.1. The Morgan fingerprint density at radius 1 is 1.12 bits per heavy atom. The molecular formula is C24H30N4O4S. The third kappa shape index (κ3) is 8.11. The monoisotopic (exact) mass is 470 g/mol. The molecule has 0 spiro atoms. The summed E-state index contributed by atoms with van der Waals surface area (Å²) >= 11 is 1.28. The van der Waals surface area contributed by atoms with Crippen LogP contribution in [0.5, 0.6) is 5.75 Å². The Hall–Kier alpha value is -3.04. The molecule has 9 heteroatoms. The fourth-order valence-corrected chi connectivity index (χ4v) is 4.54. The fraction of sp³-hybridized carbons (Fsp3) is 0.375. The SMILES string of the molecule is COc1cccc(CNC(=O)CC2CC(=O)NC(SCC(=O)Nc3cc(C)cc(C)c3)N2)c1. The van der Waals surface area contributed by atoms with E-state index in [2.05, 4.69) is 21.3 Å². The van der Waals surface area contributed by atoms with Gasteiger partial charge in [0.2, 0.25) is 17.7 Å². The van der Waals surface area contributed by atoms with Gasteiger partial charge in [0.25, 0.3) is 0 Å². The van der Waals surface area contributed by atoms with Gasteiger partial charge in [0.15, 0.2) is 0 Å². The second kappa shape index (κ2) is 11.7. The number of carbonyl (C=O) groups excluding carboxylic acids is 3. The molecule has 3 amide bonds. The number of aryl methyl sites for hydroxylation is 2. The van der Waals surface area contributed by atoms with Gasteiger partial charge in [-0.05, 0) is 54.8 Å². The molecule has 1 aliphatic heterocycles. The Morgan fingerprint density at radius 3 is 2.61 bits per heavy atom. The smallest absolute Gasteiger partial charge is 0.234 e. The molecular weight excluding hydrogens is 440 g/mol. The van der Waals surface area contributed by atoms with Crippen molar-refractivity contribution < 1.29 is 19.1 Å². The van der Waals surface area contributed by atoms with Gasteiger partial charge in [0.05, 0.1) is 12.9 Å². The number of ether oxygens (including phenoxy) is 1. The molecule has 1 saturated heterocycles. The Balaban J connectivity index is 1.44. The summed E-state index contributed by atoms with van der Waals surface area (Å²) in [5.41, 5.74) is 3.40. The molecule has 2 aromatic rings. The summed E-state index contributed by atoms with van der Waals surface area (Å²) in [7, 11) is 1.60. The molecule has 8 nitrogen and oxygen atoms in total. The van der Waals surface area contributed by atoms with E-state index < -0.39 is 5.50 Å². The molecule has 2 aromatic carbocycles. The molecule has 4 N–H and O–H groups in total. The number of amides is 3. The van der Waals surface area contributed by atoms with Crippen LogP contribution in [0.2, 0.25) is 0 Å². The minimum atomic E-state index is -0.438. The zero-order valence-corrected chi connectivity index (χ0v) is 19.9. The first-order valence-electron chi connectivity index (χ1n) is 10.8. The lowest BCUT2D eigenvalue weighted by molar-refractivity contribution is -0.125. The van der Waals surface area contributed by atoms with E-state index in [4.69, 9.17) is 4.74 Å². The van der Waals surface area contributed by atoms with E-state index in [0.29, 0.717) is 6.54 Å². The summed E-state index contributed by atoms with van der Waals surface area (Å²) in [4.78, 5) is 36.8. The van der Waals surface area contributed by atoms with Crippen molar-refractivity contribution in [2.75, 3.05) is 18.2 Å². The maximum Gasteiger partial charge on any atom is 0.234 e. The summed E-state index contributed by atoms with van der Waals surface area (Å²) in [6.45, 7) is 4.34. The molecule has 0 radical (unpaired) electrons. The van der Waals surface area contributed by atoms with Crippen molar-refractivity contribution in [2.24, 2.45) is 0 Å². The van der Waals surface area contributed by atoms with E-state index >= 15 is 0 Å². The van der Waals surface area contributed by atoms with Crippen molar-refractivity contribution in [3.05, 3.63) is 59.2 Å². The number of methoxy groups -OCH3 is 1. The molecule has 0 aliphatic carbocycles. The van der Waals surface area contributed by atoms with Crippen LogP contribution >= 0.6 is 11.8 Å². The van der Waals surface area contributed by atoms with Crippen molar-refractivity contribution in [3.8, 4) is 5.75 Å². The molecule has 0 bridgehead atoms. The van der Waals surface area contributed by atoms with Gasteiger partial charge in [-0.3, -0.25) is 19.7 Å².